The molecule has 0 amide bonds. The van der Waals surface area contributed by atoms with Crippen LogP contribution in [0.2, 0.25) is 0 Å². The second-order valence-corrected chi connectivity index (χ2v) is 3.75. The third-order valence-electron chi connectivity index (χ3n) is 2.65. The van der Waals surface area contributed by atoms with Gasteiger partial charge in [0, 0.05) is 12.1 Å². The van der Waals surface area contributed by atoms with Crippen LogP contribution in [-0.2, 0) is 0 Å². The second-order valence-electron chi connectivity index (χ2n) is 3.75. The number of halogens is 1. The van der Waals surface area contributed by atoms with Gasteiger partial charge in [0.2, 0.25) is 0 Å². The van der Waals surface area contributed by atoms with Gasteiger partial charge in [-0.1, -0.05) is 6.07 Å². The summed E-state index contributed by atoms with van der Waals surface area (Å²) in [4.78, 5) is 0. The van der Waals surface area contributed by atoms with Crippen LogP contribution >= 0.6 is 0 Å². The van der Waals surface area contributed by atoms with Gasteiger partial charge in [-0.05, 0) is 31.0 Å². The summed E-state index contributed by atoms with van der Waals surface area (Å²) in [5, 5.41) is 3.32. The highest BCUT2D eigenvalue weighted by atomic mass is 19.1. The third-order valence-corrected chi connectivity index (χ3v) is 2.65. The van der Waals surface area contributed by atoms with E-state index in [1.165, 1.54) is 7.11 Å². The van der Waals surface area contributed by atoms with Crippen molar-refractivity contribution in [2.75, 3.05) is 7.11 Å². The second kappa shape index (κ2) is 3.58. The summed E-state index contributed by atoms with van der Waals surface area (Å²) in [6, 6.07) is 5.99. The lowest BCUT2D eigenvalue weighted by Gasteiger charge is -2.35. The van der Waals surface area contributed by atoms with Gasteiger partial charge in [-0.25, -0.2) is 4.39 Å². The summed E-state index contributed by atoms with van der Waals surface area (Å²) >= 11 is 0. The molecule has 3 heteroatoms. The van der Waals surface area contributed by atoms with Gasteiger partial charge in [0.1, 0.15) is 0 Å². The molecule has 2 rings (SSSR count). The van der Waals surface area contributed by atoms with Gasteiger partial charge in [0.25, 0.3) is 0 Å². The highest BCUT2D eigenvalue weighted by Gasteiger charge is 2.26. The van der Waals surface area contributed by atoms with Crippen molar-refractivity contribution >= 4 is 0 Å². The van der Waals surface area contributed by atoms with Gasteiger partial charge in [-0.3, -0.25) is 0 Å². The summed E-state index contributed by atoms with van der Waals surface area (Å²) in [6.07, 6.45) is 1.08. The van der Waals surface area contributed by atoms with Crippen LogP contribution in [0.15, 0.2) is 18.2 Å². The Morgan fingerprint density at radius 1 is 1.50 bits per heavy atom. The minimum atomic E-state index is -0.286. The molecule has 0 saturated carbocycles. The number of hydrogen-bond donors (Lipinski definition) is 1. The molecule has 2 unspecified atom stereocenters. The van der Waals surface area contributed by atoms with E-state index in [9.17, 15) is 4.39 Å². The lowest BCUT2D eigenvalue weighted by Crippen LogP contribution is -2.43. The minimum Gasteiger partial charge on any atom is -0.494 e. The van der Waals surface area contributed by atoms with Crippen molar-refractivity contribution in [1.82, 2.24) is 5.32 Å². The lowest BCUT2D eigenvalue weighted by molar-refractivity contribution is 0.286. The standard InChI is InChI=1S/C11H14FNO/c1-7-5-10(13-7)8-3-4-11(14-2)9(12)6-8/h3-4,6-7,10,13H,5H2,1-2H3. The molecule has 1 aromatic carbocycles. The first kappa shape index (κ1) is 9.46. The van der Waals surface area contributed by atoms with Gasteiger partial charge in [0.05, 0.1) is 7.11 Å². The highest BCUT2D eigenvalue weighted by Crippen LogP contribution is 2.29. The summed E-state index contributed by atoms with van der Waals surface area (Å²) in [7, 11) is 1.47. The van der Waals surface area contributed by atoms with Gasteiger partial charge in [0.15, 0.2) is 11.6 Å². The van der Waals surface area contributed by atoms with E-state index in [1.54, 1.807) is 12.1 Å². The van der Waals surface area contributed by atoms with Crippen molar-refractivity contribution in [2.24, 2.45) is 0 Å². The van der Waals surface area contributed by atoms with Gasteiger partial charge in [-0.2, -0.15) is 0 Å². The van der Waals surface area contributed by atoms with Crippen LogP contribution in [0.5, 0.6) is 5.75 Å². The average Bonchev–Trinajstić information content (AvgIpc) is 2.13. The zero-order chi connectivity index (χ0) is 10.1. The number of ether oxygens (including phenoxy) is 1. The van der Waals surface area contributed by atoms with E-state index in [2.05, 4.69) is 12.2 Å². The van der Waals surface area contributed by atoms with Crippen molar-refractivity contribution in [3.05, 3.63) is 29.6 Å². The Morgan fingerprint density at radius 2 is 2.21 bits per heavy atom. The summed E-state index contributed by atoms with van der Waals surface area (Å²) < 4.78 is 18.2. The first-order valence-electron chi connectivity index (χ1n) is 4.80. The van der Waals surface area contributed by atoms with Crippen molar-refractivity contribution in [2.45, 2.75) is 25.4 Å². The van der Waals surface area contributed by atoms with Crippen molar-refractivity contribution < 1.29 is 9.13 Å². The maximum Gasteiger partial charge on any atom is 0.165 e. The molecule has 0 radical (unpaired) electrons. The van der Waals surface area contributed by atoms with E-state index < -0.39 is 0 Å². The molecule has 1 saturated heterocycles. The lowest BCUT2D eigenvalue weighted by atomic mass is 9.92. The monoisotopic (exact) mass is 195 g/mol. The molecule has 0 bridgehead atoms. The molecule has 76 valence electrons. The van der Waals surface area contributed by atoms with Gasteiger partial charge in [-0.15, -0.1) is 0 Å². The van der Waals surface area contributed by atoms with Crippen LogP contribution in [0.3, 0.4) is 0 Å². The number of nitrogens with one attached hydrogen (secondary N) is 1. The van der Waals surface area contributed by atoms with E-state index >= 15 is 0 Å². The predicted octanol–water partition coefficient (Wildman–Crippen LogP) is 2.26. The fourth-order valence-electron chi connectivity index (χ4n) is 1.80. The molecule has 1 aliphatic heterocycles. The van der Waals surface area contributed by atoms with Gasteiger partial charge >= 0.3 is 0 Å². The van der Waals surface area contributed by atoms with Crippen LogP contribution < -0.4 is 10.1 Å². The Kier molecular flexibility index (Phi) is 2.42. The van der Waals surface area contributed by atoms with E-state index in [1.807, 2.05) is 6.07 Å². The summed E-state index contributed by atoms with van der Waals surface area (Å²) in [6.45, 7) is 2.12. The van der Waals surface area contributed by atoms with Crippen LogP contribution in [-0.4, -0.2) is 13.2 Å². The topological polar surface area (TPSA) is 21.3 Å². The predicted molar refractivity (Wildman–Crippen MR) is 52.9 cm³/mol. The fourth-order valence-corrected chi connectivity index (χ4v) is 1.80. The average molecular weight is 195 g/mol. The molecule has 0 aliphatic carbocycles. The molecular formula is C11H14FNO. The molecule has 0 aromatic heterocycles. The summed E-state index contributed by atoms with van der Waals surface area (Å²) in [5.74, 6) is 0.0208. The van der Waals surface area contributed by atoms with Crippen LogP contribution in [0, 0.1) is 5.82 Å². The highest BCUT2D eigenvalue weighted by molar-refractivity contribution is 5.32. The Balaban J connectivity index is 2.16. The molecule has 1 aliphatic rings. The van der Waals surface area contributed by atoms with E-state index in [0.29, 0.717) is 17.8 Å². The van der Waals surface area contributed by atoms with Crippen molar-refractivity contribution in [3.63, 3.8) is 0 Å². The van der Waals surface area contributed by atoms with Crippen LogP contribution in [0.4, 0.5) is 4.39 Å². The van der Waals surface area contributed by atoms with Gasteiger partial charge < -0.3 is 10.1 Å². The first-order valence-corrected chi connectivity index (χ1v) is 4.80. The molecule has 0 spiro atoms. The number of methoxy groups -OCH3 is 1. The Labute approximate surface area is 83.1 Å². The summed E-state index contributed by atoms with van der Waals surface area (Å²) in [5.41, 5.74) is 1.00. The maximum absolute atomic E-state index is 13.3. The molecular weight excluding hydrogens is 181 g/mol. The normalized spacial score (nSPS) is 25.6. The number of benzene rings is 1. The number of hydrogen-bond acceptors (Lipinski definition) is 2. The molecule has 1 fully saturated rings. The third kappa shape index (κ3) is 1.60. The molecule has 1 aromatic rings. The minimum absolute atomic E-state index is 0.286. The SMILES string of the molecule is COc1ccc(C2CC(C)N2)cc1F. The molecule has 1 heterocycles. The first-order chi connectivity index (χ1) is 6.70. The molecule has 1 N–H and O–H groups in total. The molecule has 14 heavy (non-hydrogen) atoms. The zero-order valence-electron chi connectivity index (χ0n) is 8.38. The smallest absolute Gasteiger partial charge is 0.165 e. The van der Waals surface area contributed by atoms with Crippen molar-refractivity contribution in [1.29, 1.82) is 0 Å². The Bertz CT molecular complexity index is 334. The Morgan fingerprint density at radius 3 is 2.71 bits per heavy atom. The van der Waals surface area contributed by atoms with E-state index in [-0.39, 0.29) is 5.82 Å². The number of rotatable bonds is 2. The maximum atomic E-state index is 13.3. The fraction of sp³-hybridized carbons (Fsp3) is 0.455. The molecule has 2 atom stereocenters. The van der Waals surface area contributed by atoms with Crippen molar-refractivity contribution in [3.8, 4) is 5.75 Å². The quantitative estimate of drug-likeness (QED) is 0.781. The van der Waals surface area contributed by atoms with Crippen LogP contribution in [0.1, 0.15) is 24.9 Å². The van der Waals surface area contributed by atoms with E-state index in [0.717, 1.165) is 12.0 Å². The largest absolute Gasteiger partial charge is 0.494 e. The molecule has 2 nitrogen and oxygen atoms in total. The Hall–Kier alpha value is -1.09. The zero-order valence-corrected chi connectivity index (χ0v) is 8.38. The van der Waals surface area contributed by atoms with Crippen LogP contribution in [0.25, 0.3) is 0 Å². The van der Waals surface area contributed by atoms with E-state index in [4.69, 9.17) is 4.74 Å².